The molecule has 29 heavy (non-hydrogen) atoms. The molecule has 0 unspecified atom stereocenters. The Balaban J connectivity index is 2.03. The zero-order valence-electron chi connectivity index (χ0n) is 15.7. The molecule has 0 fully saturated rings. The summed E-state index contributed by atoms with van der Waals surface area (Å²) in [6.45, 7) is 5.71. The Morgan fingerprint density at radius 1 is 1.07 bits per heavy atom. The van der Waals surface area contributed by atoms with Crippen molar-refractivity contribution in [2.75, 3.05) is 0 Å². The summed E-state index contributed by atoms with van der Waals surface area (Å²) in [4.78, 5) is 11.4. The fourth-order valence-electron chi connectivity index (χ4n) is 2.97. The second-order valence-corrected chi connectivity index (χ2v) is 8.26. The van der Waals surface area contributed by atoms with E-state index in [1.165, 1.54) is 24.5 Å². The molecule has 3 rings (SSSR count). The Bertz CT molecular complexity index is 1090. The molecule has 1 aromatic heterocycles. The molecule has 0 spiro atoms. The van der Waals surface area contributed by atoms with Crippen molar-refractivity contribution < 1.29 is 17.8 Å². The molecule has 0 aliphatic rings. The first-order valence-corrected chi connectivity index (χ1v) is 10.3. The first-order valence-electron chi connectivity index (χ1n) is 8.80. The van der Waals surface area contributed by atoms with Crippen LogP contribution in [0, 0.1) is 17.0 Å². The first-order chi connectivity index (χ1) is 13.8. The van der Waals surface area contributed by atoms with Crippen LogP contribution >= 0.6 is 0 Å². The van der Waals surface area contributed by atoms with E-state index in [2.05, 4.69) is 11.3 Å². The van der Waals surface area contributed by atoms with E-state index in [-0.39, 0.29) is 16.2 Å². The van der Waals surface area contributed by atoms with Gasteiger partial charge in [-0.05, 0) is 36.8 Å². The number of hydrogen-bond donors (Lipinski definition) is 1. The Labute approximate surface area is 168 Å². The van der Waals surface area contributed by atoms with Gasteiger partial charge in [-0.15, -0.1) is 0 Å². The predicted molar refractivity (Wildman–Crippen MR) is 109 cm³/mol. The van der Waals surface area contributed by atoms with Crippen molar-refractivity contribution in [3.8, 4) is 0 Å². The van der Waals surface area contributed by atoms with Crippen molar-refractivity contribution in [2.45, 2.75) is 23.9 Å². The topological polar surface area (TPSA) is 102 Å². The van der Waals surface area contributed by atoms with Crippen LogP contribution in [0.5, 0.6) is 0 Å². The SMILES string of the molecule is C=C(c1ccccc1)[C@H]([C@@H](NS(=O)(=O)c1ccc(C)cc1)c1ccco1)[N+](=O)[O-]. The van der Waals surface area contributed by atoms with Crippen LogP contribution in [-0.2, 0) is 10.0 Å². The lowest BCUT2D eigenvalue weighted by Crippen LogP contribution is -2.40. The fraction of sp³-hybridized carbons (Fsp3) is 0.143. The quantitative estimate of drug-likeness (QED) is 0.445. The van der Waals surface area contributed by atoms with Gasteiger partial charge in [0.15, 0.2) is 6.04 Å². The molecule has 150 valence electrons. The van der Waals surface area contributed by atoms with Crippen LogP contribution in [0.25, 0.3) is 5.57 Å². The van der Waals surface area contributed by atoms with E-state index in [4.69, 9.17) is 4.42 Å². The maximum Gasteiger partial charge on any atom is 0.261 e. The third-order valence-electron chi connectivity index (χ3n) is 4.51. The second-order valence-electron chi connectivity index (χ2n) is 6.55. The van der Waals surface area contributed by atoms with E-state index < -0.39 is 27.0 Å². The van der Waals surface area contributed by atoms with Gasteiger partial charge in [0.05, 0.1) is 11.2 Å². The zero-order chi connectivity index (χ0) is 21.0. The highest BCUT2D eigenvalue weighted by atomic mass is 32.2. The molecule has 0 bridgehead atoms. The lowest BCUT2D eigenvalue weighted by atomic mass is 9.94. The molecule has 2 aromatic carbocycles. The minimum absolute atomic E-state index is 0.00655. The van der Waals surface area contributed by atoms with E-state index in [1.54, 1.807) is 48.5 Å². The largest absolute Gasteiger partial charge is 0.467 e. The second kappa shape index (κ2) is 8.42. The Morgan fingerprint density at radius 3 is 2.28 bits per heavy atom. The molecule has 0 amide bonds. The van der Waals surface area contributed by atoms with E-state index in [9.17, 15) is 18.5 Å². The molecule has 0 radical (unpaired) electrons. The molecule has 0 aliphatic heterocycles. The van der Waals surface area contributed by atoms with E-state index >= 15 is 0 Å². The summed E-state index contributed by atoms with van der Waals surface area (Å²) in [5.74, 6) is 0.125. The number of nitrogens with one attached hydrogen (secondary N) is 1. The molecule has 7 nitrogen and oxygen atoms in total. The maximum atomic E-state index is 12.9. The number of benzene rings is 2. The number of nitrogens with zero attached hydrogens (tertiary/aromatic N) is 1. The highest BCUT2D eigenvalue weighted by Gasteiger charge is 2.40. The molecular formula is C21H20N2O5S. The Hall–Kier alpha value is -3.23. The lowest BCUT2D eigenvalue weighted by molar-refractivity contribution is -0.511. The normalized spacial score (nSPS) is 13.6. The summed E-state index contributed by atoms with van der Waals surface area (Å²) in [6, 6.07) is 15.1. The van der Waals surface area contributed by atoms with Crippen LogP contribution in [-0.4, -0.2) is 19.4 Å². The van der Waals surface area contributed by atoms with Gasteiger partial charge >= 0.3 is 0 Å². The van der Waals surface area contributed by atoms with Crippen LogP contribution in [0.2, 0.25) is 0 Å². The van der Waals surface area contributed by atoms with Gasteiger partial charge in [0.25, 0.3) is 6.04 Å². The molecule has 0 saturated carbocycles. The van der Waals surface area contributed by atoms with Crippen molar-refractivity contribution in [2.24, 2.45) is 0 Å². The standard InChI is InChI=1S/C21H20N2O5S/c1-15-10-12-18(13-11-15)29(26,27)22-20(19-9-6-14-28-19)21(23(24)25)16(2)17-7-4-3-5-8-17/h3-14,20-22H,2H2,1H3/t20-,21+/m0/s1. The van der Waals surface area contributed by atoms with Crippen molar-refractivity contribution in [3.63, 3.8) is 0 Å². The molecular weight excluding hydrogens is 392 g/mol. The zero-order valence-corrected chi connectivity index (χ0v) is 16.5. The van der Waals surface area contributed by atoms with E-state index in [0.29, 0.717) is 5.56 Å². The summed E-state index contributed by atoms with van der Waals surface area (Å²) in [6.07, 6.45) is 1.34. The number of rotatable bonds is 8. The molecule has 3 aromatic rings. The first kappa shape index (κ1) is 20.5. The average molecular weight is 412 g/mol. The van der Waals surface area contributed by atoms with Crippen LogP contribution in [0.1, 0.15) is 22.9 Å². The summed E-state index contributed by atoms with van der Waals surface area (Å²) in [5.41, 5.74) is 1.61. The fourth-order valence-corrected chi connectivity index (χ4v) is 4.18. The van der Waals surface area contributed by atoms with E-state index in [1.807, 2.05) is 6.92 Å². The molecule has 0 saturated heterocycles. The molecule has 1 heterocycles. The predicted octanol–water partition coefficient (Wildman–Crippen LogP) is 3.97. The van der Waals surface area contributed by atoms with Gasteiger partial charge < -0.3 is 4.42 Å². The van der Waals surface area contributed by atoms with Gasteiger partial charge in [0.1, 0.15) is 5.76 Å². The van der Waals surface area contributed by atoms with Gasteiger partial charge in [0.2, 0.25) is 10.0 Å². The minimum Gasteiger partial charge on any atom is -0.467 e. The van der Waals surface area contributed by atoms with Crippen LogP contribution in [0.15, 0.2) is 88.9 Å². The monoisotopic (exact) mass is 412 g/mol. The molecule has 0 aliphatic carbocycles. The number of sulfonamides is 1. The van der Waals surface area contributed by atoms with Crippen LogP contribution in [0.3, 0.4) is 0 Å². The lowest BCUT2D eigenvalue weighted by Gasteiger charge is -2.22. The summed E-state index contributed by atoms with van der Waals surface area (Å²) < 4.78 is 33.6. The van der Waals surface area contributed by atoms with Gasteiger partial charge in [-0.1, -0.05) is 54.6 Å². The smallest absolute Gasteiger partial charge is 0.261 e. The Morgan fingerprint density at radius 2 is 1.72 bits per heavy atom. The van der Waals surface area contributed by atoms with Gasteiger partial charge in [-0.25, -0.2) is 8.42 Å². The van der Waals surface area contributed by atoms with Crippen molar-refractivity contribution >= 4 is 15.6 Å². The number of hydrogen-bond acceptors (Lipinski definition) is 5. The van der Waals surface area contributed by atoms with Crippen molar-refractivity contribution in [1.82, 2.24) is 4.72 Å². The number of aryl methyl sites for hydroxylation is 1. The molecule has 1 N–H and O–H groups in total. The summed E-state index contributed by atoms with van der Waals surface area (Å²) in [5, 5.41) is 12.0. The summed E-state index contributed by atoms with van der Waals surface area (Å²) in [7, 11) is -4.05. The molecule has 8 heteroatoms. The Kier molecular flexibility index (Phi) is 5.95. The van der Waals surface area contributed by atoms with Crippen LogP contribution in [0.4, 0.5) is 0 Å². The third-order valence-corrected chi connectivity index (χ3v) is 5.96. The van der Waals surface area contributed by atoms with E-state index in [0.717, 1.165) is 5.56 Å². The average Bonchev–Trinajstić information content (AvgIpc) is 3.22. The van der Waals surface area contributed by atoms with Gasteiger partial charge in [0, 0.05) is 10.5 Å². The maximum absolute atomic E-state index is 12.9. The highest BCUT2D eigenvalue weighted by Crippen LogP contribution is 2.31. The minimum atomic E-state index is -4.05. The van der Waals surface area contributed by atoms with Crippen LogP contribution < -0.4 is 4.72 Å². The van der Waals surface area contributed by atoms with Gasteiger partial charge in [-0.3, -0.25) is 10.1 Å². The summed E-state index contributed by atoms with van der Waals surface area (Å²) >= 11 is 0. The highest BCUT2D eigenvalue weighted by molar-refractivity contribution is 7.89. The third kappa shape index (κ3) is 4.61. The van der Waals surface area contributed by atoms with Gasteiger partial charge in [-0.2, -0.15) is 4.72 Å². The number of furan rings is 1. The number of nitro groups is 1. The molecule has 2 atom stereocenters. The van der Waals surface area contributed by atoms with Crippen molar-refractivity contribution in [3.05, 3.63) is 107 Å². The van der Waals surface area contributed by atoms with Crippen molar-refractivity contribution in [1.29, 1.82) is 0 Å².